The smallest absolute Gasteiger partial charge is 0.246 e. The molecule has 1 aromatic heterocycles. The lowest BCUT2D eigenvalue weighted by atomic mass is 9.80. The molecule has 2 unspecified atom stereocenters. The predicted molar refractivity (Wildman–Crippen MR) is 72.5 cm³/mol. The van der Waals surface area contributed by atoms with Gasteiger partial charge in [0.1, 0.15) is 6.04 Å². The van der Waals surface area contributed by atoms with Crippen molar-refractivity contribution in [3.05, 3.63) is 11.7 Å². The van der Waals surface area contributed by atoms with E-state index in [-0.39, 0.29) is 0 Å². The van der Waals surface area contributed by atoms with Gasteiger partial charge in [-0.2, -0.15) is 4.98 Å². The minimum Gasteiger partial charge on any atom is -0.391 e. The summed E-state index contributed by atoms with van der Waals surface area (Å²) in [4.78, 5) is 4.36. The molecule has 2 rings (SSSR count). The van der Waals surface area contributed by atoms with E-state index >= 15 is 0 Å². The standard InChI is InChI=1S/C14H25N3O2/c1-3-4-10-5-7-11(8-6-10)13-16-14(19-17-13)12(15)9(2)18/h9-12,18H,3-8,15H2,1-2H3. The van der Waals surface area contributed by atoms with E-state index in [4.69, 9.17) is 10.3 Å². The Morgan fingerprint density at radius 2 is 2.05 bits per heavy atom. The topological polar surface area (TPSA) is 85.2 Å². The molecule has 1 aliphatic rings. The molecule has 1 heterocycles. The number of nitrogens with two attached hydrogens (primary N) is 1. The molecule has 1 aliphatic carbocycles. The number of hydrogen-bond acceptors (Lipinski definition) is 5. The normalized spacial score (nSPS) is 27.2. The van der Waals surface area contributed by atoms with Crippen LogP contribution in [0.2, 0.25) is 0 Å². The number of nitrogens with zero attached hydrogens (tertiary/aromatic N) is 2. The number of rotatable bonds is 5. The van der Waals surface area contributed by atoms with Gasteiger partial charge in [0.05, 0.1) is 6.10 Å². The van der Waals surface area contributed by atoms with Crippen LogP contribution < -0.4 is 5.73 Å². The monoisotopic (exact) mass is 267 g/mol. The molecule has 3 N–H and O–H groups in total. The van der Waals surface area contributed by atoms with Crippen LogP contribution in [0.4, 0.5) is 0 Å². The van der Waals surface area contributed by atoms with Gasteiger partial charge in [-0.3, -0.25) is 0 Å². The Morgan fingerprint density at radius 3 is 2.63 bits per heavy atom. The van der Waals surface area contributed by atoms with E-state index in [2.05, 4.69) is 17.1 Å². The Labute approximate surface area is 114 Å². The Bertz CT molecular complexity index is 384. The molecule has 2 atom stereocenters. The number of aliphatic hydroxyl groups is 1. The average Bonchev–Trinajstić information content (AvgIpc) is 2.88. The molecular weight excluding hydrogens is 242 g/mol. The lowest BCUT2D eigenvalue weighted by Gasteiger charge is -2.26. The van der Waals surface area contributed by atoms with Crippen LogP contribution in [0.1, 0.15) is 76.0 Å². The lowest BCUT2D eigenvalue weighted by molar-refractivity contribution is 0.146. The second-order valence-corrected chi connectivity index (χ2v) is 5.76. The highest BCUT2D eigenvalue weighted by molar-refractivity contribution is 5.00. The van der Waals surface area contributed by atoms with Gasteiger partial charge in [0.2, 0.25) is 5.89 Å². The fourth-order valence-corrected chi connectivity index (χ4v) is 2.87. The second kappa shape index (κ2) is 6.48. The van der Waals surface area contributed by atoms with Gasteiger partial charge in [-0.05, 0) is 38.5 Å². The Hall–Kier alpha value is -0.940. The molecule has 1 fully saturated rings. The third-order valence-electron chi connectivity index (χ3n) is 4.17. The zero-order chi connectivity index (χ0) is 13.8. The lowest BCUT2D eigenvalue weighted by Crippen LogP contribution is -2.23. The zero-order valence-corrected chi connectivity index (χ0v) is 11.9. The highest BCUT2D eigenvalue weighted by Gasteiger charge is 2.27. The molecule has 0 amide bonds. The summed E-state index contributed by atoms with van der Waals surface area (Å²) in [5.74, 6) is 2.38. The number of hydrogen-bond donors (Lipinski definition) is 2. The van der Waals surface area contributed by atoms with Crippen LogP contribution in [0.25, 0.3) is 0 Å². The van der Waals surface area contributed by atoms with Crippen molar-refractivity contribution >= 4 is 0 Å². The number of aromatic nitrogens is 2. The molecule has 108 valence electrons. The van der Waals surface area contributed by atoms with E-state index in [0.29, 0.717) is 11.8 Å². The summed E-state index contributed by atoms with van der Waals surface area (Å²) in [5.41, 5.74) is 5.80. The van der Waals surface area contributed by atoms with Gasteiger partial charge in [-0.15, -0.1) is 0 Å². The summed E-state index contributed by atoms with van der Waals surface area (Å²) in [6, 6.07) is -0.585. The molecule has 1 aromatic rings. The van der Waals surface area contributed by atoms with Crippen LogP contribution in [0.5, 0.6) is 0 Å². The van der Waals surface area contributed by atoms with Crippen molar-refractivity contribution in [1.82, 2.24) is 10.1 Å². The van der Waals surface area contributed by atoms with E-state index in [1.54, 1.807) is 6.92 Å². The Balaban J connectivity index is 1.93. The van der Waals surface area contributed by atoms with Crippen molar-refractivity contribution in [2.75, 3.05) is 0 Å². The van der Waals surface area contributed by atoms with E-state index < -0.39 is 12.1 Å². The van der Waals surface area contributed by atoms with Gasteiger partial charge in [0, 0.05) is 5.92 Å². The van der Waals surface area contributed by atoms with Gasteiger partial charge < -0.3 is 15.4 Å². The maximum absolute atomic E-state index is 9.43. The van der Waals surface area contributed by atoms with E-state index in [0.717, 1.165) is 24.6 Å². The molecule has 5 heteroatoms. The van der Waals surface area contributed by atoms with Gasteiger partial charge in [0.25, 0.3) is 0 Å². The highest BCUT2D eigenvalue weighted by Crippen LogP contribution is 2.36. The fraction of sp³-hybridized carbons (Fsp3) is 0.857. The van der Waals surface area contributed by atoms with Crippen LogP contribution in [0.15, 0.2) is 4.52 Å². The van der Waals surface area contributed by atoms with E-state index in [1.807, 2.05) is 0 Å². The number of aliphatic hydroxyl groups excluding tert-OH is 1. The van der Waals surface area contributed by atoms with Crippen molar-refractivity contribution in [3.8, 4) is 0 Å². The van der Waals surface area contributed by atoms with Crippen molar-refractivity contribution in [2.24, 2.45) is 11.7 Å². The molecule has 0 aliphatic heterocycles. The first-order chi connectivity index (χ1) is 9.11. The second-order valence-electron chi connectivity index (χ2n) is 5.76. The molecule has 0 radical (unpaired) electrons. The van der Waals surface area contributed by atoms with Gasteiger partial charge >= 0.3 is 0 Å². The summed E-state index contributed by atoms with van der Waals surface area (Å²) in [5, 5.41) is 13.5. The van der Waals surface area contributed by atoms with E-state index in [1.165, 1.54) is 25.7 Å². The minimum absolute atomic E-state index is 0.348. The fourth-order valence-electron chi connectivity index (χ4n) is 2.87. The quantitative estimate of drug-likeness (QED) is 0.856. The molecule has 19 heavy (non-hydrogen) atoms. The first kappa shape index (κ1) is 14.5. The summed E-state index contributed by atoms with van der Waals surface area (Å²) in [7, 11) is 0. The van der Waals surface area contributed by atoms with Gasteiger partial charge in [-0.1, -0.05) is 24.9 Å². The highest BCUT2D eigenvalue weighted by atomic mass is 16.5. The van der Waals surface area contributed by atoms with Crippen LogP contribution in [0.3, 0.4) is 0 Å². The minimum atomic E-state index is -0.673. The summed E-state index contributed by atoms with van der Waals surface area (Å²) in [6.45, 7) is 3.87. The molecule has 0 saturated heterocycles. The van der Waals surface area contributed by atoms with Crippen molar-refractivity contribution < 1.29 is 9.63 Å². The van der Waals surface area contributed by atoms with Crippen LogP contribution in [0, 0.1) is 5.92 Å². The first-order valence-electron chi connectivity index (χ1n) is 7.39. The summed E-state index contributed by atoms with van der Waals surface area (Å²) >= 11 is 0. The van der Waals surface area contributed by atoms with Crippen molar-refractivity contribution in [2.45, 2.75) is 70.4 Å². The third-order valence-corrected chi connectivity index (χ3v) is 4.17. The van der Waals surface area contributed by atoms with Gasteiger partial charge in [0.15, 0.2) is 5.82 Å². The molecule has 5 nitrogen and oxygen atoms in total. The zero-order valence-electron chi connectivity index (χ0n) is 11.9. The predicted octanol–water partition coefficient (Wildman–Crippen LogP) is 2.52. The molecule has 0 bridgehead atoms. The Morgan fingerprint density at radius 1 is 1.37 bits per heavy atom. The summed E-state index contributed by atoms with van der Waals surface area (Å²) in [6.07, 6.45) is 6.70. The summed E-state index contributed by atoms with van der Waals surface area (Å²) < 4.78 is 5.17. The van der Waals surface area contributed by atoms with Crippen molar-refractivity contribution in [3.63, 3.8) is 0 Å². The van der Waals surface area contributed by atoms with Crippen LogP contribution >= 0.6 is 0 Å². The molecule has 0 aromatic carbocycles. The Kier molecular flexibility index (Phi) is 4.93. The van der Waals surface area contributed by atoms with Gasteiger partial charge in [-0.25, -0.2) is 0 Å². The molecule has 0 spiro atoms. The van der Waals surface area contributed by atoms with Crippen LogP contribution in [-0.2, 0) is 0 Å². The maximum atomic E-state index is 9.43. The molecule has 1 saturated carbocycles. The van der Waals surface area contributed by atoms with E-state index in [9.17, 15) is 5.11 Å². The van der Waals surface area contributed by atoms with Crippen LogP contribution in [-0.4, -0.2) is 21.4 Å². The third kappa shape index (κ3) is 3.54. The maximum Gasteiger partial charge on any atom is 0.246 e. The molecular formula is C14H25N3O2. The average molecular weight is 267 g/mol. The SMILES string of the molecule is CCCC1CCC(c2noc(C(N)C(C)O)n2)CC1. The first-order valence-corrected chi connectivity index (χ1v) is 7.39. The van der Waals surface area contributed by atoms with Crippen molar-refractivity contribution in [1.29, 1.82) is 0 Å². The largest absolute Gasteiger partial charge is 0.391 e.